The fourth-order valence-corrected chi connectivity index (χ4v) is 2.38. The largest absolute Gasteiger partial charge is 0.338 e. The number of amides is 2. The number of carbonyl (C=O) groups is 1. The van der Waals surface area contributed by atoms with E-state index in [2.05, 4.69) is 17.6 Å². The van der Waals surface area contributed by atoms with Gasteiger partial charge in [-0.2, -0.15) is 0 Å². The van der Waals surface area contributed by atoms with Crippen LogP contribution in [0.1, 0.15) is 39.5 Å². The number of urea groups is 1. The second-order valence-electron chi connectivity index (χ2n) is 4.49. The first-order valence-electron chi connectivity index (χ1n) is 5.90. The van der Waals surface area contributed by atoms with Crippen molar-refractivity contribution in [1.29, 1.82) is 0 Å². The lowest BCUT2D eigenvalue weighted by molar-refractivity contribution is 0.161. The van der Waals surface area contributed by atoms with Gasteiger partial charge in [-0.1, -0.05) is 19.8 Å². The van der Waals surface area contributed by atoms with Crippen molar-refractivity contribution < 1.29 is 4.79 Å². The lowest BCUT2D eigenvalue weighted by atomic mass is 9.73. The second-order valence-corrected chi connectivity index (χ2v) is 4.49. The lowest BCUT2D eigenvalue weighted by Crippen LogP contribution is -2.61. The zero-order valence-corrected chi connectivity index (χ0v) is 9.81. The van der Waals surface area contributed by atoms with E-state index in [0.717, 1.165) is 19.3 Å². The van der Waals surface area contributed by atoms with E-state index in [1.807, 2.05) is 6.92 Å². The van der Waals surface area contributed by atoms with Crippen LogP contribution in [0, 0.1) is 5.92 Å². The fourth-order valence-electron chi connectivity index (χ4n) is 2.38. The Labute approximate surface area is 92.0 Å². The van der Waals surface area contributed by atoms with Crippen molar-refractivity contribution in [3.05, 3.63) is 0 Å². The van der Waals surface area contributed by atoms with Gasteiger partial charge < -0.3 is 16.4 Å². The van der Waals surface area contributed by atoms with Crippen LogP contribution in [0.2, 0.25) is 0 Å². The Morgan fingerprint density at radius 2 is 2.27 bits per heavy atom. The molecule has 1 saturated carbocycles. The molecule has 4 N–H and O–H groups in total. The number of rotatable bonds is 3. The molecule has 0 heterocycles. The molecule has 0 spiro atoms. The van der Waals surface area contributed by atoms with Crippen molar-refractivity contribution in [1.82, 2.24) is 10.6 Å². The predicted molar refractivity (Wildman–Crippen MR) is 61.6 cm³/mol. The minimum Gasteiger partial charge on any atom is -0.338 e. The Morgan fingerprint density at radius 1 is 1.53 bits per heavy atom. The summed E-state index contributed by atoms with van der Waals surface area (Å²) in [6, 6.07) is -0.0864. The molecule has 2 amide bonds. The van der Waals surface area contributed by atoms with Gasteiger partial charge in [0.05, 0.1) is 5.54 Å². The van der Waals surface area contributed by atoms with Crippen LogP contribution in [0.3, 0.4) is 0 Å². The van der Waals surface area contributed by atoms with Crippen LogP contribution in [0.15, 0.2) is 0 Å². The third-order valence-electron chi connectivity index (χ3n) is 3.52. The van der Waals surface area contributed by atoms with Gasteiger partial charge in [-0.3, -0.25) is 0 Å². The maximum Gasteiger partial charge on any atom is 0.315 e. The molecule has 2 unspecified atom stereocenters. The molecule has 15 heavy (non-hydrogen) atoms. The highest BCUT2D eigenvalue weighted by molar-refractivity contribution is 5.74. The van der Waals surface area contributed by atoms with Crippen LogP contribution < -0.4 is 16.4 Å². The number of hydrogen-bond acceptors (Lipinski definition) is 2. The smallest absolute Gasteiger partial charge is 0.315 e. The van der Waals surface area contributed by atoms with Crippen LogP contribution in [0.4, 0.5) is 4.79 Å². The maximum atomic E-state index is 11.5. The SMILES string of the molecule is CCNC(=O)NC1(CN)CCCCC1C. The third kappa shape index (κ3) is 2.84. The van der Waals surface area contributed by atoms with E-state index in [-0.39, 0.29) is 11.6 Å². The molecule has 0 aromatic carbocycles. The van der Waals surface area contributed by atoms with Crippen LogP contribution in [0.25, 0.3) is 0 Å². The third-order valence-corrected chi connectivity index (χ3v) is 3.52. The van der Waals surface area contributed by atoms with Crippen LogP contribution in [-0.4, -0.2) is 24.7 Å². The standard InChI is InChI=1S/C11H23N3O/c1-3-13-10(15)14-11(8-12)7-5-4-6-9(11)2/h9H,3-8,12H2,1-2H3,(H2,13,14,15). The summed E-state index contributed by atoms with van der Waals surface area (Å²) < 4.78 is 0. The van der Waals surface area contributed by atoms with Gasteiger partial charge >= 0.3 is 6.03 Å². The molecule has 1 aliphatic rings. The van der Waals surface area contributed by atoms with E-state index in [0.29, 0.717) is 19.0 Å². The molecule has 4 heteroatoms. The Bertz CT molecular complexity index is 220. The van der Waals surface area contributed by atoms with Gasteiger partial charge in [0.2, 0.25) is 0 Å². The summed E-state index contributed by atoms with van der Waals surface area (Å²) in [5.41, 5.74) is 5.65. The van der Waals surface area contributed by atoms with Crippen LogP contribution in [-0.2, 0) is 0 Å². The van der Waals surface area contributed by atoms with Gasteiger partial charge in [0.15, 0.2) is 0 Å². The molecule has 1 aliphatic carbocycles. The van der Waals surface area contributed by atoms with Crippen molar-refractivity contribution >= 4 is 6.03 Å². The number of nitrogens with two attached hydrogens (primary N) is 1. The molecule has 0 radical (unpaired) electrons. The van der Waals surface area contributed by atoms with Crippen molar-refractivity contribution in [3.63, 3.8) is 0 Å². The molecule has 0 bridgehead atoms. The average molecular weight is 213 g/mol. The molecule has 0 saturated heterocycles. The van der Waals surface area contributed by atoms with Crippen LogP contribution in [0.5, 0.6) is 0 Å². The molecule has 2 atom stereocenters. The van der Waals surface area contributed by atoms with E-state index < -0.39 is 0 Å². The van der Waals surface area contributed by atoms with E-state index in [9.17, 15) is 4.79 Å². The monoisotopic (exact) mass is 213 g/mol. The molecular weight excluding hydrogens is 190 g/mol. The molecule has 0 aromatic rings. The summed E-state index contributed by atoms with van der Waals surface area (Å²) in [5, 5.41) is 5.82. The molecular formula is C11H23N3O. The zero-order valence-electron chi connectivity index (χ0n) is 9.81. The van der Waals surface area contributed by atoms with Gasteiger partial charge in [-0.25, -0.2) is 4.79 Å². The van der Waals surface area contributed by atoms with Crippen LogP contribution >= 0.6 is 0 Å². The summed E-state index contributed by atoms with van der Waals surface area (Å²) in [7, 11) is 0. The Kier molecular flexibility index (Phi) is 4.39. The molecule has 88 valence electrons. The highest BCUT2D eigenvalue weighted by Gasteiger charge is 2.38. The molecule has 0 aliphatic heterocycles. The fraction of sp³-hybridized carbons (Fsp3) is 0.909. The molecule has 0 aromatic heterocycles. The Hall–Kier alpha value is -0.770. The minimum absolute atomic E-state index is 0.0864. The molecule has 4 nitrogen and oxygen atoms in total. The van der Waals surface area contributed by atoms with Crippen molar-refractivity contribution in [2.45, 2.75) is 45.1 Å². The predicted octanol–water partition coefficient (Wildman–Crippen LogP) is 1.21. The van der Waals surface area contributed by atoms with Crippen molar-refractivity contribution in [2.24, 2.45) is 11.7 Å². The summed E-state index contributed by atoms with van der Waals surface area (Å²) in [4.78, 5) is 11.5. The Balaban J connectivity index is 2.61. The first-order valence-corrected chi connectivity index (χ1v) is 5.90. The second kappa shape index (κ2) is 5.35. The topological polar surface area (TPSA) is 67.2 Å². The number of nitrogens with one attached hydrogen (secondary N) is 2. The number of hydrogen-bond donors (Lipinski definition) is 3. The first-order chi connectivity index (χ1) is 7.14. The van der Waals surface area contributed by atoms with Gasteiger partial charge in [-0.05, 0) is 25.7 Å². The van der Waals surface area contributed by atoms with Crippen molar-refractivity contribution in [2.75, 3.05) is 13.1 Å². The average Bonchev–Trinajstić information content (AvgIpc) is 2.22. The quantitative estimate of drug-likeness (QED) is 0.659. The van der Waals surface area contributed by atoms with E-state index in [4.69, 9.17) is 5.73 Å². The normalized spacial score (nSPS) is 31.0. The first kappa shape index (κ1) is 12.3. The van der Waals surface area contributed by atoms with Gasteiger partial charge in [0.25, 0.3) is 0 Å². The van der Waals surface area contributed by atoms with E-state index in [1.165, 1.54) is 6.42 Å². The molecule has 1 fully saturated rings. The number of carbonyl (C=O) groups excluding carboxylic acids is 1. The van der Waals surface area contributed by atoms with Crippen molar-refractivity contribution in [3.8, 4) is 0 Å². The summed E-state index contributed by atoms with van der Waals surface area (Å²) in [6.45, 7) is 5.28. The van der Waals surface area contributed by atoms with Gasteiger partial charge in [0.1, 0.15) is 0 Å². The highest BCUT2D eigenvalue weighted by atomic mass is 16.2. The lowest BCUT2D eigenvalue weighted by Gasteiger charge is -2.42. The summed E-state index contributed by atoms with van der Waals surface area (Å²) in [6.07, 6.45) is 4.57. The van der Waals surface area contributed by atoms with E-state index >= 15 is 0 Å². The van der Waals surface area contributed by atoms with Gasteiger partial charge in [-0.15, -0.1) is 0 Å². The van der Waals surface area contributed by atoms with E-state index in [1.54, 1.807) is 0 Å². The van der Waals surface area contributed by atoms with Gasteiger partial charge in [0, 0.05) is 13.1 Å². The minimum atomic E-state index is -0.183. The zero-order chi connectivity index (χ0) is 11.3. The summed E-state index contributed by atoms with van der Waals surface area (Å²) in [5.74, 6) is 0.471. The molecule has 1 rings (SSSR count). The Morgan fingerprint density at radius 3 is 2.80 bits per heavy atom. The highest BCUT2D eigenvalue weighted by Crippen LogP contribution is 2.32. The maximum absolute atomic E-state index is 11.5. The summed E-state index contributed by atoms with van der Waals surface area (Å²) >= 11 is 0.